The van der Waals surface area contributed by atoms with E-state index in [-0.39, 0.29) is 17.2 Å². The van der Waals surface area contributed by atoms with E-state index >= 15 is 0 Å². The second-order valence-corrected chi connectivity index (χ2v) is 16.1. The summed E-state index contributed by atoms with van der Waals surface area (Å²) in [5, 5.41) is 7.88. The summed E-state index contributed by atoms with van der Waals surface area (Å²) in [5.74, 6) is -1.37. The summed E-state index contributed by atoms with van der Waals surface area (Å²) in [6, 6.07) is 0. The molecule has 0 spiro atoms. The first-order valence-corrected chi connectivity index (χ1v) is 13.0. The lowest BCUT2D eigenvalue weighted by Gasteiger charge is -2.46. The first-order valence-electron chi connectivity index (χ1n) is 8.96. The Labute approximate surface area is 177 Å². The highest BCUT2D eigenvalue weighted by atomic mass is 35.6. The van der Waals surface area contributed by atoms with Gasteiger partial charge in [0.25, 0.3) is 3.79 Å². The molecule has 0 bridgehead atoms. The maximum absolute atomic E-state index is 7.85. The van der Waals surface area contributed by atoms with Crippen molar-refractivity contribution in [1.29, 1.82) is 5.41 Å². The molecule has 2 saturated heterocycles. The Morgan fingerprint density at radius 3 is 2.07 bits per heavy atom. The second-order valence-electron chi connectivity index (χ2n) is 9.06. The van der Waals surface area contributed by atoms with Crippen molar-refractivity contribution in [3.63, 3.8) is 0 Å². The molecule has 2 aliphatic rings. The van der Waals surface area contributed by atoms with Crippen LogP contribution in [0.25, 0.3) is 0 Å². The van der Waals surface area contributed by atoms with Gasteiger partial charge in [0.1, 0.15) is 12.2 Å². The third-order valence-corrected chi connectivity index (χ3v) is 10.3. The third-order valence-electron chi connectivity index (χ3n) is 5.30. The maximum atomic E-state index is 7.85. The van der Waals surface area contributed by atoms with E-state index in [1.165, 1.54) is 0 Å². The van der Waals surface area contributed by atoms with E-state index in [2.05, 4.69) is 33.9 Å². The molecule has 0 amide bonds. The maximum Gasteiger partial charge on any atom is 0.265 e. The number of alkyl halides is 3. The van der Waals surface area contributed by atoms with Crippen molar-refractivity contribution < 1.29 is 23.4 Å². The molecule has 0 radical (unpaired) electrons. The Kier molecular flexibility index (Phi) is 6.65. The SMILES string of the molecule is C[C@@H]1O[C@@H](OC(=N)C(Cl)(Cl)Cl)[C@@H]2OC(C)(C)O[C@@H]2[C@H]1O[Si](C)(C)C(C)(C)C. The van der Waals surface area contributed by atoms with Crippen LogP contribution < -0.4 is 0 Å². The number of nitrogens with one attached hydrogen (secondary N) is 1. The van der Waals surface area contributed by atoms with Crippen LogP contribution >= 0.6 is 34.8 Å². The second kappa shape index (κ2) is 7.58. The van der Waals surface area contributed by atoms with E-state index in [4.69, 9.17) is 63.6 Å². The average molecular weight is 463 g/mol. The van der Waals surface area contributed by atoms with E-state index in [1.807, 2.05) is 20.8 Å². The van der Waals surface area contributed by atoms with Gasteiger partial charge in [-0.2, -0.15) is 0 Å². The van der Waals surface area contributed by atoms with Gasteiger partial charge in [-0.15, -0.1) is 0 Å². The Balaban J connectivity index is 2.26. The molecule has 0 unspecified atom stereocenters. The molecule has 27 heavy (non-hydrogen) atoms. The van der Waals surface area contributed by atoms with Gasteiger partial charge in [0, 0.05) is 0 Å². The van der Waals surface area contributed by atoms with E-state index in [9.17, 15) is 0 Å². The van der Waals surface area contributed by atoms with Crippen LogP contribution in [0, 0.1) is 5.41 Å². The number of rotatable bonds is 3. The number of hydrogen-bond donors (Lipinski definition) is 1. The van der Waals surface area contributed by atoms with Gasteiger partial charge < -0.3 is 23.4 Å². The molecule has 2 fully saturated rings. The fraction of sp³-hybridized carbons (Fsp3) is 0.941. The van der Waals surface area contributed by atoms with Crippen LogP contribution in [0.2, 0.25) is 18.1 Å². The minimum atomic E-state index is -2.09. The molecule has 0 saturated carbocycles. The molecule has 0 aliphatic carbocycles. The van der Waals surface area contributed by atoms with Crippen LogP contribution in [-0.4, -0.2) is 54.5 Å². The molecule has 2 heterocycles. The highest BCUT2D eigenvalue weighted by molar-refractivity contribution is 6.76. The molecule has 5 atom stereocenters. The van der Waals surface area contributed by atoms with Crippen LogP contribution in [0.15, 0.2) is 0 Å². The quantitative estimate of drug-likeness (QED) is 0.276. The Hall–Kier alpha value is 0.397. The number of fused-ring (bicyclic) bond motifs is 1. The van der Waals surface area contributed by atoms with Crippen LogP contribution in [0.5, 0.6) is 0 Å². The van der Waals surface area contributed by atoms with Gasteiger partial charge in [0.2, 0.25) is 12.2 Å². The third kappa shape index (κ3) is 5.31. The van der Waals surface area contributed by atoms with E-state index in [0.29, 0.717) is 0 Å². The standard InChI is InChI=1S/C17H30Cl3NO5Si/c1-9-10(26-27(7,8)15(2,3)4)11-12(25-16(5,6)24-11)13(22-9)23-14(21)17(18,19)20/h9-13,21H,1-8H3/t9-,10-,11+,12+,13-/m0/s1. The smallest absolute Gasteiger partial charge is 0.265 e. The lowest BCUT2D eigenvalue weighted by atomic mass is 10.00. The molecule has 0 aromatic carbocycles. The van der Waals surface area contributed by atoms with E-state index < -0.39 is 42.3 Å². The summed E-state index contributed by atoms with van der Waals surface area (Å²) in [6.45, 7) is 16.4. The Morgan fingerprint density at radius 2 is 1.59 bits per heavy atom. The van der Waals surface area contributed by atoms with Crippen molar-refractivity contribution >= 4 is 49.0 Å². The number of halogens is 3. The number of ether oxygens (including phenoxy) is 4. The zero-order chi connectivity index (χ0) is 21.0. The highest BCUT2D eigenvalue weighted by Gasteiger charge is 2.58. The largest absolute Gasteiger partial charge is 0.445 e. The van der Waals surface area contributed by atoms with E-state index in [0.717, 1.165) is 0 Å². The summed E-state index contributed by atoms with van der Waals surface area (Å²) >= 11 is 17.2. The van der Waals surface area contributed by atoms with Gasteiger partial charge >= 0.3 is 0 Å². The van der Waals surface area contributed by atoms with Crippen LogP contribution in [0.1, 0.15) is 41.5 Å². The summed E-state index contributed by atoms with van der Waals surface area (Å²) in [5.41, 5.74) is 0. The molecule has 2 aliphatic heterocycles. The molecule has 6 nitrogen and oxygen atoms in total. The fourth-order valence-corrected chi connectivity index (χ4v) is 4.37. The van der Waals surface area contributed by atoms with Crippen LogP contribution in [0.4, 0.5) is 0 Å². The van der Waals surface area contributed by atoms with Crippen LogP contribution in [-0.2, 0) is 23.4 Å². The van der Waals surface area contributed by atoms with Crippen LogP contribution in [0.3, 0.4) is 0 Å². The predicted octanol–water partition coefficient (Wildman–Crippen LogP) is 5.01. The summed E-state index contributed by atoms with van der Waals surface area (Å²) in [6.07, 6.45) is -2.66. The fourth-order valence-electron chi connectivity index (χ4n) is 2.87. The lowest BCUT2D eigenvalue weighted by Crippen LogP contribution is -2.61. The minimum absolute atomic E-state index is 0.0299. The molecule has 0 aromatic rings. The first kappa shape index (κ1) is 23.7. The van der Waals surface area contributed by atoms with Crippen molar-refractivity contribution in [3.05, 3.63) is 0 Å². The van der Waals surface area contributed by atoms with Gasteiger partial charge in [-0.25, -0.2) is 0 Å². The molecule has 2 rings (SSSR count). The lowest BCUT2D eigenvalue weighted by molar-refractivity contribution is -0.244. The molecular formula is C17H30Cl3NO5Si. The number of hydrogen-bond acceptors (Lipinski definition) is 6. The molecule has 0 aromatic heterocycles. The first-order chi connectivity index (χ1) is 11.9. The normalized spacial score (nSPS) is 34.3. The monoisotopic (exact) mass is 461 g/mol. The van der Waals surface area contributed by atoms with Gasteiger partial charge in [-0.1, -0.05) is 55.6 Å². The molecule has 10 heteroatoms. The van der Waals surface area contributed by atoms with Crippen molar-refractivity contribution in [2.24, 2.45) is 0 Å². The molecule has 158 valence electrons. The van der Waals surface area contributed by atoms with Crippen molar-refractivity contribution in [1.82, 2.24) is 0 Å². The zero-order valence-electron chi connectivity index (χ0n) is 17.1. The molecule has 1 N–H and O–H groups in total. The summed E-state index contributed by atoms with van der Waals surface area (Å²) < 4.78 is 28.2. The summed E-state index contributed by atoms with van der Waals surface area (Å²) in [4.78, 5) is 0. The Morgan fingerprint density at radius 1 is 1.07 bits per heavy atom. The van der Waals surface area contributed by atoms with Gasteiger partial charge in [-0.3, -0.25) is 5.41 Å². The topological polar surface area (TPSA) is 70.0 Å². The van der Waals surface area contributed by atoms with Gasteiger partial charge in [-0.05, 0) is 38.9 Å². The van der Waals surface area contributed by atoms with Crippen molar-refractivity contribution in [2.75, 3.05) is 0 Å². The summed E-state index contributed by atoms with van der Waals surface area (Å²) in [7, 11) is -2.09. The van der Waals surface area contributed by atoms with Crippen molar-refractivity contribution in [3.8, 4) is 0 Å². The highest BCUT2D eigenvalue weighted by Crippen LogP contribution is 2.44. The van der Waals surface area contributed by atoms with E-state index in [1.54, 1.807) is 0 Å². The van der Waals surface area contributed by atoms with Crippen molar-refractivity contribution in [2.45, 2.75) is 100.0 Å². The van der Waals surface area contributed by atoms with Gasteiger partial charge in [0.05, 0.1) is 6.10 Å². The average Bonchev–Trinajstić information content (AvgIpc) is 2.76. The zero-order valence-corrected chi connectivity index (χ0v) is 20.3. The van der Waals surface area contributed by atoms with Gasteiger partial charge in [0.15, 0.2) is 20.2 Å². The minimum Gasteiger partial charge on any atom is -0.445 e. The molecular weight excluding hydrogens is 433 g/mol. The Bertz CT molecular complexity index is 576. The predicted molar refractivity (Wildman–Crippen MR) is 109 cm³/mol.